The highest BCUT2D eigenvalue weighted by molar-refractivity contribution is 5.73. The highest BCUT2D eigenvalue weighted by Gasteiger charge is 2.35. The Labute approximate surface area is 95.3 Å². The normalized spacial score (nSPS) is 37.2. The average Bonchev–Trinajstić information content (AvgIpc) is 2.29. The van der Waals surface area contributed by atoms with E-state index in [1.165, 1.54) is 0 Å². The second-order valence-corrected chi connectivity index (χ2v) is 4.53. The minimum atomic E-state index is -0.779. The lowest BCUT2D eigenvalue weighted by Gasteiger charge is -2.41. The lowest BCUT2D eigenvalue weighted by atomic mass is 10.00. The number of nitrogens with zero attached hydrogens (tertiary/aromatic N) is 1. The van der Waals surface area contributed by atoms with Gasteiger partial charge in [0.05, 0.1) is 19.3 Å². The van der Waals surface area contributed by atoms with E-state index in [1.807, 2.05) is 6.92 Å². The van der Waals surface area contributed by atoms with Crippen LogP contribution in [0.2, 0.25) is 0 Å². The van der Waals surface area contributed by atoms with Crippen LogP contribution in [0.15, 0.2) is 0 Å². The van der Waals surface area contributed by atoms with E-state index in [1.54, 1.807) is 0 Å². The van der Waals surface area contributed by atoms with E-state index in [9.17, 15) is 4.79 Å². The number of hydrogen-bond donors (Lipinski definition) is 1. The number of aliphatic carboxylic acids is 1. The molecule has 0 bridgehead atoms. The second-order valence-electron chi connectivity index (χ2n) is 4.53. The van der Waals surface area contributed by atoms with Gasteiger partial charge in [-0.1, -0.05) is 0 Å². The maximum Gasteiger partial charge on any atom is 0.323 e. The van der Waals surface area contributed by atoms with Crippen molar-refractivity contribution in [3.63, 3.8) is 0 Å². The van der Waals surface area contributed by atoms with Gasteiger partial charge in [0.25, 0.3) is 0 Å². The summed E-state index contributed by atoms with van der Waals surface area (Å²) in [7, 11) is 0. The third-order valence-electron chi connectivity index (χ3n) is 3.38. The fourth-order valence-electron chi connectivity index (χ4n) is 2.54. The molecule has 0 aromatic carbocycles. The summed E-state index contributed by atoms with van der Waals surface area (Å²) in [6.07, 6.45) is 2.08. The summed E-state index contributed by atoms with van der Waals surface area (Å²) < 4.78 is 10.7. The van der Waals surface area contributed by atoms with Crippen molar-refractivity contribution in [2.45, 2.75) is 38.0 Å². The maximum absolute atomic E-state index is 11.1. The Morgan fingerprint density at radius 1 is 1.44 bits per heavy atom. The summed E-state index contributed by atoms with van der Waals surface area (Å²) in [5.41, 5.74) is 0. The minimum absolute atomic E-state index is 0.232. The first-order chi connectivity index (χ1) is 7.68. The van der Waals surface area contributed by atoms with Crippen LogP contribution < -0.4 is 0 Å². The largest absolute Gasteiger partial charge is 0.480 e. The summed E-state index contributed by atoms with van der Waals surface area (Å²) >= 11 is 0. The summed E-state index contributed by atoms with van der Waals surface area (Å²) in [6.45, 7) is 4.43. The molecule has 2 saturated heterocycles. The van der Waals surface area contributed by atoms with Gasteiger partial charge < -0.3 is 14.6 Å². The van der Waals surface area contributed by atoms with E-state index < -0.39 is 12.0 Å². The predicted octanol–water partition coefficient (Wildman–Crippen LogP) is 0.339. The Morgan fingerprint density at radius 2 is 2.25 bits per heavy atom. The third kappa shape index (κ3) is 2.53. The van der Waals surface area contributed by atoms with E-state index in [0.29, 0.717) is 25.8 Å². The number of hydrogen-bond acceptors (Lipinski definition) is 4. The fourth-order valence-corrected chi connectivity index (χ4v) is 2.54. The van der Waals surface area contributed by atoms with Crippen LogP contribution in [-0.2, 0) is 14.3 Å². The summed E-state index contributed by atoms with van der Waals surface area (Å²) in [5.74, 6) is -0.779. The number of rotatable bonds is 2. The van der Waals surface area contributed by atoms with Gasteiger partial charge in [-0.2, -0.15) is 0 Å². The quantitative estimate of drug-likeness (QED) is 0.740. The van der Waals surface area contributed by atoms with Crippen LogP contribution in [0.5, 0.6) is 0 Å². The van der Waals surface area contributed by atoms with Crippen LogP contribution >= 0.6 is 0 Å². The summed E-state index contributed by atoms with van der Waals surface area (Å²) in [6, 6.07) is -0.155. The van der Waals surface area contributed by atoms with Crippen molar-refractivity contribution in [3.05, 3.63) is 0 Å². The zero-order valence-corrected chi connectivity index (χ0v) is 9.59. The zero-order chi connectivity index (χ0) is 11.5. The predicted molar refractivity (Wildman–Crippen MR) is 57.4 cm³/mol. The molecule has 3 atom stereocenters. The van der Waals surface area contributed by atoms with Crippen LogP contribution in [0, 0.1) is 0 Å². The molecule has 0 amide bonds. The molecule has 1 N–H and O–H groups in total. The first kappa shape index (κ1) is 11.8. The third-order valence-corrected chi connectivity index (χ3v) is 3.38. The van der Waals surface area contributed by atoms with Gasteiger partial charge in [0, 0.05) is 19.2 Å². The SMILES string of the molecule is CC1CC(N2CCOCC2C(=O)O)CCO1. The molecule has 0 radical (unpaired) electrons. The van der Waals surface area contributed by atoms with E-state index in [2.05, 4.69) is 4.90 Å². The lowest BCUT2D eigenvalue weighted by Crippen LogP contribution is -2.56. The molecule has 0 aromatic rings. The molecule has 2 heterocycles. The van der Waals surface area contributed by atoms with E-state index in [4.69, 9.17) is 14.6 Å². The van der Waals surface area contributed by atoms with Crippen LogP contribution in [0.25, 0.3) is 0 Å². The lowest BCUT2D eigenvalue weighted by molar-refractivity contribution is -0.154. The number of carbonyl (C=O) groups is 1. The standard InChI is InChI=1S/C11H19NO4/c1-8-6-9(2-4-16-8)12-3-5-15-7-10(12)11(13)14/h8-10H,2-7H2,1H3,(H,13,14). The van der Waals surface area contributed by atoms with Crippen molar-refractivity contribution in [1.82, 2.24) is 4.90 Å². The van der Waals surface area contributed by atoms with E-state index in [-0.39, 0.29) is 6.10 Å². The van der Waals surface area contributed by atoms with Gasteiger partial charge in [0.1, 0.15) is 6.04 Å². The van der Waals surface area contributed by atoms with Gasteiger partial charge in [0.2, 0.25) is 0 Å². The van der Waals surface area contributed by atoms with Gasteiger partial charge in [-0.15, -0.1) is 0 Å². The fraction of sp³-hybridized carbons (Fsp3) is 0.909. The topological polar surface area (TPSA) is 59.0 Å². The Hall–Kier alpha value is -0.650. The summed E-state index contributed by atoms with van der Waals surface area (Å²) in [4.78, 5) is 13.2. The molecule has 16 heavy (non-hydrogen) atoms. The molecular formula is C11H19NO4. The first-order valence-corrected chi connectivity index (χ1v) is 5.86. The minimum Gasteiger partial charge on any atom is -0.480 e. The summed E-state index contributed by atoms with van der Waals surface area (Å²) in [5, 5.41) is 9.15. The van der Waals surface area contributed by atoms with Crippen LogP contribution in [0.1, 0.15) is 19.8 Å². The Bertz CT molecular complexity index is 258. The molecule has 0 aliphatic carbocycles. The highest BCUT2D eigenvalue weighted by atomic mass is 16.5. The van der Waals surface area contributed by atoms with Crippen LogP contribution in [0.4, 0.5) is 0 Å². The van der Waals surface area contributed by atoms with Crippen molar-refractivity contribution in [3.8, 4) is 0 Å². The van der Waals surface area contributed by atoms with Gasteiger partial charge >= 0.3 is 5.97 Å². The highest BCUT2D eigenvalue weighted by Crippen LogP contribution is 2.22. The Balaban J connectivity index is 2.01. The molecule has 3 unspecified atom stereocenters. The zero-order valence-electron chi connectivity index (χ0n) is 9.59. The number of ether oxygens (including phenoxy) is 2. The number of morpholine rings is 1. The number of carboxylic acids is 1. The van der Waals surface area contributed by atoms with Crippen molar-refractivity contribution in [2.75, 3.05) is 26.4 Å². The molecule has 5 nitrogen and oxygen atoms in total. The molecule has 0 saturated carbocycles. The molecule has 0 spiro atoms. The molecule has 2 aliphatic rings. The van der Waals surface area contributed by atoms with Crippen molar-refractivity contribution >= 4 is 5.97 Å². The number of carboxylic acid groups (broad SMARTS) is 1. The molecule has 2 rings (SSSR count). The molecule has 0 aromatic heterocycles. The molecule has 5 heteroatoms. The van der Waals surface area contributed by atoms with Gasteiger partial charge in [0.15, 0.2) is 0 Å². The van der Waals surface area contributed by atoms with Gasteiger partial charge in [-0.25, -0.2) is 0 Å². The van der Waals surface area contributed by atoms with Gasteiger partial charge in [-0.3, -0.25) is 9.69 Å². The Kier molecular flexibility index (Phi) is 3.78. The Morgan fingerprint density at radius 3 is 2.94 bits per heavy atom. The van der Waals surface area contributed by atoms with Crippen molar-refractivity contribution < 1.29 is 19.4 Å². The van der Waals surface area contributed by atoms with Crippen LogP contribution in [-0.4, -0.2) is 60.5 Å². The van der Waals surface area contributed by atoms with Crippen molar-refractivity contribution in [1.29, 1.82) is 0 Å². The van der Waals surface area contributed by atoms with Gasteiger partial charge in [-0.05, 0) is 19.8 Å². The monoisotopic (exact) mass is 229 g/mol. The average molecular weight is 229 g/mol. The molecule has 2 aliphatic heterocycles. The van der Waals surface area contributed by atoms with E-state index >= 15 is 0 Å². The second kappa shape index (κ2) is 5.12. The maximum atomic E-state index is 11.1. The smallest absolute Gasteiger partial charge is 0.323 e. The van der Waals surface area contributed by atoms with Crippen LogP contribution in [0.3, 0.4) is 0 Å². The first-order valence-electron chi connectivity index (χ1n) is 5.86. The molecular weight excluding hydrogens is 210 g/mol. The van der Waals surface area contributed by atoms with E-state index in [0.717, 1.165) is 19.4 Å². The van der Waals surface area contributed by atoms with Crippen molar-refractivity contribution in [2.24, 2.45) is 0 Å². The molecule has 2 fully saturated rings. The molecule has 92 valence electrons.